The van der Waals surface area contributed by atoms with Crippen LogP contribution in [0, 0.1) is 5.41 Å². The maximum atomic E-state index is 12.2. The van der Waals surface area contributed by atoms with Crippen LogP contribution in [0.25, 0.3) is 0 Å². The van der Waals surface area contributed by atoms with Crippen molar-refractivity contribution >= 4 is 17.5 Å². The van der Waals surface area contributed by atoms with Gasteiger partial charge in [-0.05, 0) is 19.4 Å². The van der Waals surface area contributed by atoms with Gasteiger partial charge in [0.1, 0.15) is 11.8 Å². The number of nitrogens with one attached hydrogen (secondary N) is 1. The molecule has 0 aromatic rings. The molecule has 0 amide bonds. The van der Waals surface area contributed by atoms with E-state index in [4.69, 9.17) is 0 Å². The number of hydrogen-bond donors (Lipinski definition) is 2. The van der Waals surface area contributed by atoms with Gasteiger partial charge in [-0.2, -0.15) is 0 Å². The SMILES string of the molecule is CNC(CN=C(C)C1=C(O)CC(C)(C)CC1=O)C(=O)OC. The Morgan fingerprint density at radius 2 is 2.10 bits per heavy atom. The average Bonchev–Trinajstić information content (AvgIpc) is 2.36. The molecule has 1 unspecified atom stereocenters. The molecule has 118 valence electrons. The molecule has 0 aromatic carbocycles. The molecule has 0 aromatic heterocycles. The summed E-state index contributed by atoms with van der Waals surface area (Å²) in [6.07, 6.45) is 0.832. The van der Waals surface area contributed by atoms with Crippen molar-refractivity contribution in [3.8, 4) is 0 Å². The number of likely N-dealkylation sites (N-methyl/N-ethyl adjacent to an activating group) is 1. The third-order valence-corrected chi connectivity index (χ3v) is 3.56. The Morgan fingerprint density at radius 1 is 1.48 bits per heavy atom. The summed E-state index contributed by atoms with van der Waals surface area (Å²) >= 11 is 0. The molecule has 1 rings (SSSR count). The Balaban J connectivity index is 2.92. The summed E-state index contributed by atoms with van der Waals surface area (Å²) < 4.78 is 4.65. The van der Waals surface area contributed by atoms with Gasteiger partial charge >= 0.3 is 5.97 Å². The van der Waals surface area contributed by atoms with Gasteiger partial charge in [0.2, 0.25) is 0 Å². The fourth-order valence-corrected chi connectivity index (χ4v) is 2.43. The number of carbonyl (C=O) groups excluding carboxylic acids is 2. The molecule has 2 N–H and O–H groups in total. The third-order valence-electron chi connectivity index (χ3n) is 3.56. The van der Waals surface area contributed by atoms with Crippen molar-refractivity contribution in [3.63, 3.8) is 0 Å². The zero-order valence-corrected chi connectivity index (χ0v) is 13.3. The molecule has 0 saturated carbocycles. The fourth-order valence-electron chi connectivity index (χ4n) is 2.43. The van der Waals surface area contributed by atoms with E-state index in [1.807, 2.05) is 13.8 Å². The van der Waals surface area contributed by atoms with Crippen LogP contribution in [0.15, 0.2) is 16.3 Å². The van der Waals surface area contributed by atoms with Crippen LogP contribution < -0.4 is 5.32 Å². The van der Waals surface area contributed by atoms with E-state index in [2.05, 4.69) is 15.0 Å². The first-order valence-electron chi connectivity index (χ1n) is 6.93. The van der Waals surface area contributed by atoms with Crippen molar-refractivity contribution in [2.24, 2.45) is 10.4 Å². The maximum absolute atomic E-state index is 12.2. The number of Topliss-reactive ketones (excluding diaryl/α,β-unsaturated/α-hetero) is 1. The second-order valence-corrected chi connectivity index (χ2v) is 6.05. The predicted molar refractivity (Wildman–Crippen MR) is 80.5 cm³/mol. The number of aliphatic hydroxyl groups is 1. The minimum Gasteiger partial charge on any atom is -0.511 e. The topological polar surface area (TPSA) is 88.0 Å². The zero-order chi connectivity index (χ0) is 16.2. The highest BCUT2D eigenvalue weighted by molar-refractivity contribution is 6.22. The van der Waals surface area contributed by atoms with Gasteiger partial charge < -0.3 is 15.2 Å². The Labute approximate surface area is 125 Å². The normalized spacial score (nSPS) is 20.4. The van der Waals surface area contributed by atoms with E-state index in [0.717, 1.165) is 0 Å². The first kappa shape index (κ1) is 17.4. The monoisotopic (exact) mass is 296 g/mol. The number of hydrogen-bond acceptors (Lipinski definition) is 6. The summed E-state index contributed by atoms with van der Waals surface area (Å²) in [5.41, 5.74) is 0.510. The number of rotatable bonds is 5. The summed E-state index contributed by atoms with van der Waals surface area (Å²) in [5, 5.41) is 12.9. The second-order valence-electron chi connectivity index (χ2n) is 6.05. The van der Waals surface area contributed by atoms with Crippen molar-refractivity contribution in [1.29, 1.82) is 0 Å². The summed E-state index contributed by atoms with van der Waals surface area (Å²) in [7, 11) is 2.95. The lowest BCUT2D eigenvalue weighted by Gasteiger charge is -2.29. The van der Waals surface area contributed by atoms with Crippen LogP contribution in [0.4, 0.5) is 0 Å². The summed E-state index contributed by atoms with van der Waals surface area (Å²) in [4.78, 5) is 27.9. The average molecular weight is 296 g/mol. The van der Waals surface area contributed by atoms with Crippen molar-refractivity contribution in [2.75, 3.05) is 20.7 Å². The lowest BCUT2D eigenvalue weighted by Crippen LogP contribution is -2.38. The number of ketones is 1. The van der Waals surface area contributed by atoms with Gasteiger partial charge in [-0.1, -0.05) is 13.8 Å². The van der Waals surface area contributed by atoms with E-state index in [0.29, 0.717) is 18.6 Å². The van der Waals surface area contributed by atoms with Gasteiger partial charge in [0.25, 0.3) is 0 Å². The Bertz CT molecular complexity index is 492. The molecule has 1 atom stereocenters. The van der Waals surface area contributed by atoms with Gasteiger partial charge in [0, 0.05) is 18.6 Å². The number of ether oxygens (including phenoxy) is 1. The maximum Gasteiger partial charge on any atom is 0.324 e. The van der Waals surface area contributed by atoms with Gasteiger partial charge in [-0.25, -0.2) is 0 Å². The van der Waals surface area contributed by atoms with Crippen LogP contribution in [-0.2, 0) is 14.3 Å². The molecule has 1 aliphatic rings. The zero-order valence-electron chi connectivity index (χ0n) is 13.3. The van der Waals surface area contributed by atoms with Crippen molar-refractivity contribution in [1.82, 2.24) is 5.32 Å². The Kier molecular flexibility index (Phi) is 5.66. The van der Waals surface area contributed by atoms with Crippen LogP contribution in [0.2, 0.25) is 0 Å². The smallest absolute Gasteiger partial charge is 0.324 e. The minimum absolute atomic E-state index is 0.0802. The molecule has 0 fully saturated rings. The highest BCUT2D eigenvalue weighted by Gasteiger charge is 2.34. The number of esters is 1. The largest absolute Gasteiger partial charge is 0.511 e. The van der Waals surface area contributed by atoms with Crippen LogP contribution >= 0.6 is 0 Å². The van der Waals surface area contributed by atoms with E-state index in [1.165, 1.54) is 7.11 Å². The Morgan fingerprint density at radius 3 is 2.57 bits per heavy atom. The van der Waals surface area contributed by atoms with Crippen molar-refractivity contribution in [2.45, 2.75) is 39.7 Å². The fraction of sp³-hybridized carbons (Fsp3) is 0.667. The molecule has 21 heavy (non-hydrogen) atoms. The first-order chi connectivity index (χ1) is 9.71. The van der Waals surface area contributed by atoms with E-state index >= 15 is 0 Å². The number of aliphatic imine (C=N–C) groups is 1. The number of nitrogens with zero attached hydrogens (tertiary/aromatic N) is 1. The second kappa shape index (κ2) is 6.85. The van der Waals surface area contributed by atoms with Crippen molar-refractivity contribution in [3.05, 3.63) is 11.3 Å². The van der Waals surface area contributed by atoms with Crippen LogP contribution in [0.3, 0.4) is 0 Å². The van der Waals surface area contributed by atoms with E-state index in [1.54, 1.807) is 14.0 Å². The number of aliphatic hydroxyl groups excluding tert-OH is 1. The van der Waals surface area contributed by atoms with E-state index in [-0.39, 0.29) is 29.1 Å². The van der Waals surface area contributed by atoms with Gasteiger partial charge in [0.15, 0.2) is 5.78 Å². The molecule has 6 heteroatoms. The van der Waals surface area contributed by atoms with Crippen LogP contribution in [0.5, 0.6) is 0 Å². The standard InChI is InChI=1S/C15H24N2O4/c1-9(17-8-10(16-4)14(20)21-5)13-11(18)6-15(2,3)7-12(13)19/h10,16,18H,6-8H2,1-5H3. The summed E-state index contributed by atoms with van der Waals surface area (Å²) in [5.74, 6) is -0.441. The highest BCUT2D eigenvalue weighted by Crippen LogP contribution is 2.36. The minimum atomic E-state index is -0.567. The molecule has 1 aliphatic carbocycles. The molecule has 0 saturated heterocycles. The number of carbonyl (C=O) groups is 2. The third kappa shape index (κ3) is 4.39. The van der Waals surface area contributed by atoms with Crippen LogP contribution in [0.1, 0.15) is 33.6 Å². The number of allylic oxidation sites excluding steroid dienone is 2. The summed E-state index contributed by atoms with van der Waals surface area (Å²) in [6, 6.07) is -0.567. The highest BCUT2D eigenvalue weighted by atomic mass is 16.5. The van der Waals surface area contributed by atoms with Crippen LogP contribution in [-0.4, -0.2) is 49.3 Å². The Hall–Kier alpha value is -1.69. The first-order valence-corrected chi connectivity index (χ1v) is 6.93. The van der Waals surface area contributed by atoms with Gasteiger partial charge in [-0.15, -0.1) is 0 Å². The van der Waals surface area contributed by atoms with Gasteiger partial charge in [-0.3, -0.25) is 14.6 Å². The predicted octanol–water partition coefficient (Wildman–Crippen LogP) is 1.41. The van der Waals surface area contributed by atoms with Gasteiger partial charge in [0.05, 0.1) is 19.2 Å². The molecule has 0 bridgehead atoms. The molecule has 0 heterocycles. The molecule has 6 nitrogen and oxygen atoms in total. The van der Waals surface area contributed by atoms with E-state index in [9.17, 15) is 14.7 Å². The molecule has 0 radical (unpaired) electrons. The lowest BCUT2D eigenvalue weighted by atomic mass is 9.76. The molecular weight excluding hydrogens is 272 g/mol. The summed E-state index contributed by atoms with van der Waals surface area (Å²) in [6.45, 7) is 5.71. The molecule has 0 aliphatic heterocycles. The molecular formula is C15H24N2O4. The van der Waals surface area contributed by atoms with Crippen molar-refractivity contribution < 1.29 is 19.4 Å². The van der Waals surface area contributed by atoms with E-state index < -0.39 is 12.0 Å². The lowest BCUT2D eigenvalue weighted by molar-refractivity contribution is -0.142. The quantitative estimate of drug-likeness (QED) is 0.591. The molecule has 0 spiro atoms. The number of methoxy groups -OCH3 is 1.